The number of hydrogen-bond acceptors (Lipinski definition) is 10. The minimum Gasteiger partial charge on any atom is -0.454 e. The second kappa shape index (κ2) is 16.5. The first-order valence-corrected chi connectivity index (χ1v) is 23.3. The maximum Gasteiger partial charge on any atom is 0.231 e. The van der Waals surface area contributed by atoms with E-state index in [1.165, 1.54) is 23.4 Å². The quantitative estimate of drug-likeness (QED) is 0.406. The topological polar surface area (TPSA) is 156 Å². The number of piperidine rings is 1. The van der Waals surface area contributed by atoms with E-state index < -0.39 is 10.0 Å². The molecule has 0 bridgehead atoms. The Bertz CT molecular complexity index is 2050. The second-order valence-corrected chi connectivity index (χ2v) is 19.3. The third-order valence-electron chi connectivity index (χ3n) is 13.6. The molecule has 3 saturated carbocycles. The van der Waals surface area contributed by atoms with Crippen molar-refractivity contribution in [2.45, 2.75) is 63.2 Å². The normalized spacial score (nSPS) is 26.7. The molecule has 6 fully saturated rings. The van der Waals surface area contributed by atoms with Gasteiger partial charge in [0.05, 0.1) is 6.26 Å². The molecule has 5 aliphatic heterocycles. The summed E-state index contributed by atoms with van der Waals surface area (Å²) in [5, 5.41) is 0. The zero-order valence-corrected chi connectivity index (χ0v) is 34.6. The number of amides is 4. The summed E-state index contributed by atoms with van der Waals surface area (Å²) >= 11 is 0. The van der Waals surface area contributed by atoms with Crippen LogP contribution in [0, 0.1) is 23.7 Å². The lowest BCUT2D eigenvalue weighted by molar-refractivity contribution is -0.143. The summed E-state index contributed by atoms with van der Waals surface area (Å²) in [5.74, 6) is 4.54. The third-order valence-corrected chi connectivity index (χ3v) is 15.0. The molecule has 0 radical (unpaired) electrons. The summed E-state index contributed by atoms with van der Waals surface area (Å²) in [6.45, 7) is 6.20. The Hall–Kier alpha value is -4.57. The predicted molar refractivity (Wildman–Crippen MR) is 214 cm³/mol. The molecule has 3 aliphatic carbocycles. The fourth-order valence-electron chi connectivity index (χ4n) is 9.85. The number of carbonyl (C=O) groups is 4. The molecule has 15 nitrogen and oxygen atoms in total. The van der Waals surface area contributed by atoms with Crippen molar-refractivity contribution in [1.29, 1.82) is 0 Å². The molecule has 3 saturated heterocycles. The summed E-state index contributed by atoms with van der Waals surface area (Å²) < 4.78 is 46.4. The number of fused-ring (bicyclic) bond motifs is 2. The van der Waals surface area contributed by atoms with E-state index in [4.69, 9.17) is 18.9 Å². The number of ether oxygens (including phenoxy) is 4. The molecular formula is C43H55N5O10S. The molecule has 2 aromatic rings. The van der Waals surface area contributed by atoms with Crippen LogP contribution in [0.2, 0.25) is 0 Å². The summed E-state index contributed by atoms with van der Waals surface area (Å²) in [7, 11) is -3.20. The van der Waals surface area contributed by atoms with Gasteiger partial charge < -0.3 is 38.5 Å². The minimum atomic E-state index is -3.20. The molecule has 0 spiro atoms. The number of sulfonamides is 1. The van der Waals surface area contributed by atoms with E-state index in [9.17, 15) is 27.6 Å². The molecule has 4 atom stereocenters. The van der Waals surface area contributed by atoms with E-state index in [2.05, 4.69) is 0 Å². The zero-order chi connectivity index (χ0) is 40.8. The lowest BCUT2D eigenvalue weighted by Crippen LogP contribution is -2.53. The number of benzene rings is 2. The van der Waals surface area contributed by atoms with Gasteiger partial charge in [0.1, 0.15) is 0 Å². The molecule has 16 heteroatoms. The van der Waals surface area contributed by atoms with Crippen LogP contribution in [0.25, 0.3) is 0 Å². The van der Waals surface area contributed by atoms with Crippen LogP contribution in [0.15, 0.2) is 36.4 Å². The predicted octanol–water partition coefficient (Wildman–Crippen LogP) is 3.24. The van der Waals surface area contributed by atoms with Crippen molar-refractivity contribution in [2.75, 3.05) is 85.3 Å². The van der Waals surface area contributed by atoms with Crippen molar-refractivity contribution in [3.8, 4) is 23.0 Å². The van der Waals surface area contributed by atoms with E-state index in [1.807, 2.05) is 56.0 Å². The molecule has 4 amide bonds. The van der Waals surface area contributed by atoms with E-state index in [1.54, 1.807) is 0 Å². The zero-order valence-electron chi connectivity index (χ0n) is 33.8. The van der Waals surface area contributed by atoms with Gasteiger partial charge in [0.25, 0.3) is 0 Å². The van der Waals surface area contributed by atoms with Crippen LogP contribution in [0.4, 0.5) is 0 Å². The van der Waals surface area contributed by atoms with Crippen LogP contribution in [0.1, 0.15) is 74.3 Å². The third kappa shape index (κ3) is 8.57. The van der Waals surface area contributed by atoms with Gasteiger partial charge in [-0.3, -0.25) is 19.2 Å². The van der Waals surface area contributed by atoms with Crippen molar-refractivity contribution in [1.82, 2.24) is 23.9 Å². The van der Waals surface area contributed by atoms with Gasteiger partial charge in [-0.1, -0.05) is 25.0 Å². The number of carbonyl (C=O) groups excluding carboxylic acids is 4. The fraction of sp³-hybridized carbons (Fsp3) is 0.628. The van der Waals surface area contributed by atoms with E-state index in [-0.39, 0.29) is 66.8 Å². The van der Waals surface area contributed by atoms with Gasteiger partial charge in [-0.05, 0) is 85.8 Å². The summed E-state index contributed by atoms with van der Waals surface area (Å²) in [6, 6.07) is 11.9. The lowest BCUT2D eigenvalue weighted by atomic mass is 9.96. The Morgan fingerprint density at radius 2 is 0.881 bits per heavy atom. The highest BCUT2D eigenvalue weighted by molar-refractivity contribution is 7.88. The SMILES string of the molecule is CS(=O)(=O)N1CCC(C(=O)N2CCN(C(=O)C3CC3c3ccc4c(c3)OCO4)CC2)CC1.O=C(C1CCCC1)N1CCN(C(=O)C2CC2c2ccc3c(c2)OCO3)CC1. The van der Waals surface area contributed by atoms with Gasteiger partial charge >= 0.3 is 0 Å². The van der Waals surface area contributed by atoms with Gasteiger partial charge in [0.2, 0.25) is 47.2 Å². The van der Waals surface area contributed by atoms with Gasteiger partial charge in [0, 0.05) is 89.1 Å². The molecule has 5 heterocycles. The molecule has 4 unspecified atom stereocenters. The Labute approximate surface area is 345 Å². The molecule has 0 N–H and O–H groups in total. The summed E-state index contributed by atoms with van der Waals surface area (Å²) in [4.78, 5) is 59.0. The van der Waals surface area contributed by atoms with Gasteiger partial charge in [-0.2, -0.15) is 0 Å². The average Bonchev–Trinajstić information content (AvgIpc) is 4.00. The Morgan fingerprint density at radius 1 is 0.508 bits per heavy atom. The van der Waals surface area contributed by atoms with Crippen LogP contribution < -0.4 is 18.9 Å². The molecule has 10 rings (SSSR count). The summed E-state index contributed by atoms with van der Waals surface area (Å²) in [5.41, 5.74) is 2.27. The Morgan fingerprint density at radius 3 is 1.29 bits per heavy atom. The molecule has 2 aromatic carbocycles. The first-order valence-electron chi connectivity index (χ1n) is 21.4. The number of hydrogen-bond donors (Lipinski definition) is 0. The maximum absolute atomic E-state index is 13.0. The Kier molecular flexibility index (Phi) is 11.1. The van der Waals surface area contributed by atoms with Gasteiger partial charge in [-0.25, -0.2) is 12.7 Å². The highest BCUT2D eigenvalue weighted by atomic mass is 32.2. The highest BCUT2D eigenvalue weighted by Gasteiger charge is 2.48. The highest BCUT2D eigenvalue weighted by Crippen LogP contribution is 2.51. The fourth-order valence-corrected chi connectivity index (χ4v) is 10.7. The van der Waals surface area contributed by atoms with Gasteiger partial charge in [0.15, 0.2) is 23.0 Å². The lowest BCUT2D eigenvalue weighted by Gasteiger charge is -2.38. The van der Waals surface area contributed by atoms with Crippen molar-refractivity contribution in [3.05, 3.63) is 47.5 Å². The minimum absolute atomic E-state index is 0.00190. The molecular weight excluding hydrogens is 779 g/mol. The first kappa shape index (κ1) is 39.9. The monoisotopic (exact) mass is 833 g/mol. The molecule has 318 valence electrons. The first-order chi connectivity index (χ1) is 28.5. The van der Waals surface area contributed by atoms with Gasteiger partial charge in [-0.15, -0.1) is 0 Å². The van der Waals surface area contributed by atoms with E-state index >= 15 is 0 Å². The molecule has 0 aromatic heterocycles. The molecule has 8 aliphatic rings. The van der Waals surface area contributed by atoms with Crippen LogP contribution in [-0.4, -0.2) is 141 Å². The van der Waals surface area contributed by atoms with Crippen LogP contribution in [-0.2, 0) is 29.2 Å². The average molecular weight is 834 g/mol. The van der Waals surface area contributed by atoms with E-state index in [0.29, 0.717) is 84.2 Å². The van der Waals surface area contributed by atoms with Crippen molar-refractivity contribution >= 4 is 33.7 Å². The van der Waals surface area contributed by atoms with Crippen molar-refractivity contribution in [2.24, 2.45) is 23.7 Å². The number of rotatable bonds is 7. The smallest absolute Gasteiger partial charge is 0.231 e. The number of piperazine rings is 2. The van der Waals surface area contributed by atoms with Crippen molar-refractivity contribution < 1.29 is 46.5 Å². The van der Waals surface area contributed by atoms with Crippen LogP contribution in [0.3, 0.4) is 0 Å². The van der Waals surface area contributed by atoms with Crippen LogP contribution in [0.5, 0.6) is 23.0 Å². The number of nitrogens with zero attached hydrogens (tertiary/aromatic N) is 5. The Balaban J connectivity index is 0.000000154. The largest absolute Gasteiger partial charge is 0.454 e. The van der Waals surface area contributed by atoms with E-state index in [0.717, 1.165) is 59.8 Å². The molecule has 59 heavy (non-hydrogen) atoms. The standard InChI is InChI=1S/C22H29N3O6S.C21H26N2O4/c1-32(28,29)25-6-4-15(5-7-25)21(26)23-8-10-24(11-9-23)22(27)18-13-17(18)16-2-3-19-20(12-16)31-14-30-19;24-20(14-3-1-2-4-14)22-7-9-23(10-8-22)21(25)17-12-16(17)15-5-6-18-19(11-15)27-13-26-18/h2-3,12,15,17-18H,4-11,13-14H2,1H3;5-6,11,14,16-17H,1-4,7-10,12-13H2. The van der Waals surface area contributed by atoms with Crippen LogP contribution >= 0.6 is 0 Å². The summed E-state index contributed by atoms with van der Waals surface area (Å²) in [6.07, 6.45) is 8.51. The second-order valence-electron chi connectivity index (χ2n) is 17.3. The maximum atomic E-state index is 13.0. The van der Waals surface area contributed by atoms with Crippen molar-refractivity contribution in [3.63, 3.8) is 0 Å².